The molecule has 1 heterocycles. The summed E-state index contributed by atoms with van der Waals surface area (Å²) in [5, 5.41) is 0. The SMILES string of the molecule is COc1c(Oc2ccc(Br)cc2)nc[nH]c1=O. The van der Waals surface area contributed by atoms with Gasteiger partial charge in [0, 0.05) is 4.47 Å². The predicted molar refractivity (Wildman–Crippen MR) is 65.6 cm³/mol. The molecule has 0 aliphatic rings. The van der Waals surface area contributed by atoms with Crippen molar-refractivity contribution < 1.29 is 9.47 Å². The largest absolute Gasteiger partial charge is 0.487 e. The van der Waals surface area contributed by atoms with Crippen molar-refractivity contribution in [1.29, 1.82) is 0 Å². The number of nitrogens with zero attached hydrogens (tertiary/aromatic N) is 1. The van der Waals surface area contributed by atoms with Crippen LogP contribution in [0.25, 0.3) is 0 Å². The summed E-state index contributed by atoms with van der Waals surface area (Å²) in [4.78, 5) is 17.7. The Hall–Kier alpha value is -1.82. The Kier molecular flexibility index (Phi) is 3.43. The van der Waals surface area contributed by atoms with Crippen LogP contribution >= 0.6 is 15.9 Å². The van der Waals surface area contributed by atoms with Crippen LogP contribution in [0.2, 0.25) is 0 Å². The molecule has 1 aromatic heterocycles. The summed E-state index contributed by atoms with van der Waals surface area (Å²) in [6.45, 7) is 0. The number of nitrogens with one attached hydrogen (secondary N) is 1. The normalized spacial score (nSPS) is 10.0. The number of rotatable bonds is 3. The van der Waals surface area contributed by atoms with Crippen molar-refractivity contribution >= 4 is 15.9 Å². The number of aromatic nitrogens is 2. The third kappa shape index (κ3) is 2.65. The van der Waals surface area contributed by atoms with Crippen LogP contribution in [-0.2, 0) is 0 Å². The lowest BCUT2D eigenvalue weighted by atomic mass is 10.3. The molecule has 0 aliphatic heterocycles. The van der Waals surface area contributed by atoms with Crippen LogP contribution in [0.4, 0.5) is 0 Å². The van der Waals surface area contributed by atoms with E-state index >= 15 is 0 Å². The van der Waals surface area contributed by atoms with E-state index in [0.29, 0.717) is 5.75 Å². The number of hydrogen-bond acceptors (Lipinski definition) is 4. The average molecular weight is 297 g/mol. The van der Waals surface area contributed by atoms with Crippen LogP contribution in [0, 0.1) is 0 Å². The Morgan fingerprint density at radius 1 is 1.29 bits per heavy atom. The summed E-state index contributed by atoms with van der Waals surface area (Å²) >= 11 is 3.32. The molecule has 0 saturated heterocycles. The van der Waals surface area contributed by atoms with Crippen molar-refractivity contribution in [2.45, 2.75) is 0 Å². The Labute approximate surface area is 106 Å². The molecule has 0 aliphatic carbocycles. The lowest BCUT2D eigenvalue weighted by molar-refractivity contribution is 0.363. The molecule has 0 spiro atoms. The molecular formula is C11H9BrN2O3. The minimum Gasteiger partial charge on any atom is -0.487 e. The highest BCUT2D eigenvalue weighted by molar-refractivity contribution is 9.10. The summed E-state index contributed by atoms with van der Waals surface area (Å²) in [5.74, 6) is 0.763. The second kappa shape index (κ2) is 5.01. The molecule has 6 heteroatoms. The standard InChI is InChI=1S/C11H9BrN2O3/c1-16-9-10(15)13-6-14-11(9)17-8-4-2-7(12)3-5-8/h2-6H,1H3,(H,13,14,15). The van der Waals surface area contributed by atoms with Crippen LogP contribution in [0.3, 0.4) is 0 Å². The Morgan fingerprint density at radius 3 is 2.65 bits per heavy atom. The minimum atomic E-state index is -0.380. The van der Waals surface area contributed by atoms with E-state index < -0.39 is 0 Å². The molecule has 1 aromatic carbocycles. The summed E-state index contributed by atoms with van der Waals surface area (Å²) in [6.07, 6.45) is 1.26. The van der Waals surface area contributed by atoms with Crippen molar-refractivity contribution in [1.82, 2.24) is 9.97 Å². The first kappa shape index (κ1) is 11.7. The number of methoxy groups -OCH3 is 1. The molecule has 2 aromatic rings. The summed E-state index contributed by atoms with van der Waals surface area (Å²) in [6, 6.07) is 7.17. The van der Waals surface area contributed by atoms with Crippen molar-refractivity contribution in [3.8, 4) is 17.4 Å². The van der Waals surface area contributed by atoms with Crippen molar-refractivity contribution in [3.05, 3.63) is 45.4 Å². The second-order valence-corrected chi connectivity index (χ2v) is 4.04. The van der Waals surface area contributed by atoms with E-state index in [4.69, 9.17) is 9.47 Å². The molecule has 5 nitrogen and oxygen atoms in total. The van der Waals surface area contributed by atoms with Gasteiger partial charge in [0.05, 0.1) is 13.4 Å². The van der Waals surface area contributed by atoms with Gasteiger partial charge in [0.1, 0.15) is 5.75 Å². The van der Waals surface area contributed by atoms with Crippen LogP contribution < -0.4 is 15.0 Å². The fraction of sp³-hybridized carbons (Fsp3) is 0.0909. The molecule has 0 atom stereocenters. The Morgan fingerprint density at radius 2 is 2.00 bits per heavy atom. The third-order valence-corrected chi connectivity index (χ3v) is 2.54. The minimum absolute atomic E-state index is 0.0513. The van der Waals surface area contributed by atoms with Crippen molar-refractivity contribution in [2.24, 2.45) is 0 Å². The zero-order chi connectivity index (χ0) is 12.3. The van der Waals surface area contributed by atoms with E-state index in [1.165, 1.54) is 13.4 Å². The highest BCUT2D eigenvalue weighted by Gasteiger charge is 2.10. The zero-order valence-corrected chi connectivity index (χ0v) is 10.5. The van der Waals surface area contributed by atoms with Gasteiger partial charge in [-0.05, 0) is 24.3 Å². The van der Waals surface area contributed by atoms with Gasteiger partial charge in [-0.25, -0.2) is 4.98 Å². The molecule has 0 fully saturated rings. The highest BCUT2D eigenvalue weighted by Crippen LogP contribution is 2.26. The fourth-order valence-corrected chi connectivity index (χ4v) is 1.50. The Bertz CT molecular complexity index is 566. The van der Waals surface area contributed by atoms with Crippen molar-refractivity contribution in [3.63, 3.8) is 0 Å². The van der Waals surface area contributed by atoms with Gasteiger partial charge in [0.2, 0.25) is 5.75 Å². The van der Waals surface area contributed by atoms with E-state index in [9.17, 15) is 4.79 Å². The van der Waals surface area contributed by atoms with Crippen LogP contribution in [-0.4, -0.2) is 17.1 Å². The van der Waals surface area contributed by atoms with Gasteiger partial charge < -0.3 is 14.5 Å². The number of aromatic amines is 1. The average Bonchev–Trinajstić information content (AvgIpc) is 2.32. The lowest BCUT2D eigenvalue weighted by Gasteiger charge is -2.07. The van der Waals surface area contributed by atoms with Crippen LogP contribution in [0.5, 0.6) is 17.4 Å². The van der Waals surface area contributed by atoms with E-state index in [1.807, 2.05) is 12.1 Å². The van der Waals surface area contributed by atoms with Crippen molar-refractivity contribution in [2.75, 3.05) is 7.11 Å². The quantitative estimate of drug-likeness (QED) is 0.944. The molecule has 0 saturated carbocycles. The maximum absolute atomic E-state index is 11.4. The molecule has 0 bridgehead atoms. The summed E-state index contributed by atoms with van der Waals surface area (Å²) in [7, 11) is 1.39. The monoisotopic (exact) mass is 296 g/mol. The van der Waals surface area contributed by atoms with Gasteiger partial charge in [-0.15, -0.1) is 0 Å². The second-order valence-electron chi connectivity index (χ2n) is 3.13. The van der Waals surface area contributed by atoms with Gasteiger partial charge in [-0.1, -0.05) is 15.9 Å². The van der Waals surface area contributed by atoms with Gasteiger partial charge >= 0.3 is 0 Å². The highest BCUT2D eigenvalue weighted by atomic mass is 79.9. The first-order chi connectivity index (χ1) is 8.20. The number of ether oxygens (including phenoxy) is 2. The third-order valence-electron chi connectivity index (χ3n) is 2.01. The van der Waals surface area contributed by atoms with Crippen LogP contribution in [0.15, 0.2) is 39.9 Å². The maximum Gasteiger partial charge on any atom is 0.297 e. The van der Waals surface area contributed by atoms with E-state index in [2.05, 4.69) is 25.9 Å². The lowest BCUT2D eigenvalue weighted by Crippen LogP contribution is -2.10. The molecule has 0 amide bonds. The van der Waals surface area contributed by atoms with Crippen LogP contribution in [0.1, 0.15) is 0 Å². The summed E-state index contributed by atoms with van der Waals surface area (Å²) in [5.41, 5.74) is -0.380. The molecule has 0 unspecified atom stereocenters. The number of halogens is 1. The molecule has 0 radical (unpaired) electrons. The first-order valence-electron chi connectivity index (χ1n) is 4.76. The van der Waals surface area contributed by atoms with Gasteiger partial charge in [-0.3, -0.25) is 4.79 Å². The van der Waals surface area contributed by atoms with E-state index in [0.717, 1.165) is 4.47 Å². The van der Waals surface area contributed by atoms with Gasteiger partial charge in [-0.2, -0.15) is 0 Å². The zero-order valence-electron chi connectivity index (χ0n) is 8.94. The number of benzene rings is 1. The topological polar surface area (TPSA) is 64.2 Å². The van der Waals surface area contributed by atoms with E-state index in [-0.39, 0.29) is 17.2 Å². The number of H-pyrrole nitrogens is 1. The first-order valence-corrected chi connectivity index (χ1v) is 5.55. The molecule has 17 heavy (non-hydrogen) atoms. The Balaban J connectivity index is 2.33. The van der Waals surface area contributed by atoms with E-state index in [1.54, 1.807) is 12.1 Å². The maximum atomic E-state index is 11.4. The van der Waals surface area contributed by atoms with Gasteiger partial charge in [0.25, 0.3) is 11.4 Å². The molecule has 88 valence electrons. The predicted octanol–water partition coefficient (Wildman–Crippen LogP) is 2.33. The van der Waals surface area contributed by atoms with Gasteiger partial charge in [0.15, 0.2) is 0 Å². The summed E-state index contributed by atoms with van der Waals surface area (Å²) < 4.78 is 11.3. The number of hydrogen-bond donors (Lipinski definition) is 1. The smallest absolute Gasteiger partial charge is 0.297 e. The fourth-order valence-electron chi connectivity index (χ4n) is 1.24. The molecule has 2 rings (SSSR count). The molecule has 1 N–H and O–H groups in total. The molecular weight excluding hydrogens is 288 g/mol.